The van der Waals surface area contributed by atoms with Crippen molar-refractivity contribution in [3.8, 4) is 33.7 Å². The third kappa shape index (κ3) is 10.0. The highest BCUT2D eigenvalue weighted by molar-refractivity contribution is 7.99. The molecule has 4 atom stereocenters. The number of carbonyl (C=O) groups excluding carboxylic acids is 3. The molecule has 2 fully saturated rings. The number of benzene rings is 6. The molecule has 2 saturated heterocycles. The van der Waals surface area contributed by atoms with Crippen molar-refractivity contribution >= 4 is 29.7 Å². The largest absolute Gasteiger partial charge is 0.445 e. The number of aliphatic hydroxyl groups excluding tert-OH is 1. The molecule has 2 aliphatic rings. The fraction of sp³-hybridized carbons (Fsp3) is 0.192. The van der Waals surface area contributed by atoms with Gasteiger partial charge in [-0.25, -0.2) is 9.78 Å². The lowest BCUT2D eigenvalue weighted by molar-refractivity contribution is -0.245. The van der Waals surface area contributed by atoms with Gasteiger partial charge in [-0.2, -0.15) is 0 Å². The molecular formula is C52H45N3O8S. The smallest absolute Gasteiger partial charge is 0.408 e. The van der Waals surface area contributed by atoms with E-state index in [-0.39, 0.29) is 44.3 Å². The quantitative estimate of drug-likeness (QED) is 0.0802. The first-order valence-corrected chi connectivity index (χ1v) is 22.1. The van der Waals surface area contributed by atoms with Crippen LogP contribution >= 0.6 is 11.8 Å². The number of likely N-dealkylation sites (tertiary alicyclic amines) is 1. The van der Waals surface area contributed by atoms with Gasteiger partial charge in [0.05, 0.1) is 31.8 Å². The van der Waals surface area contributed by atoms with E-state index in [4.69, 9.17) is 23.6 Å². The van der Waals surface area contributed by atoms with Crippen LogP contribution in [0.2, 0.25) is 0 Å². The normalized spacial score (nSPS) is 18.5. The fourth-order valence-corrected chi connectivity index (χ4v) is 8.70. The second-order valence-corrected chi connectivity index (χ2v) is 16.6. The Labute approximate surface area is 375 Å². The number of imide groups is 1. The lowest BCUT2D eigenvalue weighted by Crippen LogP contribution is -2.41. The first-order chi connectivity index (χ1) is 31.4. The average molecular weight is 872 g/mol. The Morgan fingerprint density at radius 1 is 0.719 bits per heavy atom. The molecule has 12 heteroatoms. The summed E-state index contributed by atoms with van der Waals surface area (Å²) in [5.74, 6) is 0.438. The second kappa shape index (κ2) is 19.7. The maximum Gasteiger partial charge on any atom is 0.408 e. The molecular weight excluding hydrogens is 827 g/mol. The van der Waals surface area contributed by atoms with Gasteiger partial charge in [0.2, 0.25) is 5.91 Å². The predicted molar refractivity (Wildman–Crippen MR) is 242 cm³/mol. The van der Waals surface area contributed by atoms with E-state index in [0.29, 0.717) is 23.2 Å². The van der Waals surface area contributed by atoms with Gasteiger partial charge in [-0.05, 0) is 39.4 Å². The molecule has 0 saturated carbocycles. The molecule has 2 N–H and O–H groups in total. The third-order valence-corrected chi connectivity index (χ3v) is 12.2. The summed E-state index contributed by atoms with van der Waals surface area (Å²) in [6.45, 7) is 0.0791. The van der Waals surface area contributed by atoms with Gasteiger partial charge in [-0.1, -0.05) is 169 Å². The van der Waals surface area contributed by atoms with E-state index in [1.165, 1.54) is 16.7 Å². The molecule has 9 rings (SSSR count). The number of amides is 3. The number of thioether (sulfide) groups is 1. The fourth-order valence-electron chi connectivity index (χ4n) is 7.86. The Balaban J connectivity index is 0.879. The number of hydrogen-bond donors (Lipinski definition) is 2. The van der Waals surface area contributed by atoms with E-state index < -0.39 is 24.3 Å². The number of aromatic nitrogens is 1. The number of ether oxygens (including phenoxy) is 3. The Morgan fingerprint density at radius 3 is 2.09 bits per heavy atom. The van der Waals surface area contributed by atoms with E-state index in [0.717, 1.165) is 55.8 Å². The first-order valence-electron chi connectivity index (χ1n) is 21.1. The Morgan fingerprint density at radius 2 is 1.38 bits per heavy atom. The van der Waals surface area contributed by atoms with Crippen molar-refractivity contribution in [1.29, 1.82) is 0 Å². The summed E-state index contributed by atoms with van der Waals surface area (Å²) in [4.78, 5) is 44.8. The number of nitrogens with one attached hydrogen (secondary N) is 1. The zero-order valence-electron chi connectivity index (χ0n) is 34.7. The molecule has 2 aliphatic heterocycles. The minimum Gasteiger partial charge on any atom is -0.445 e. The topological polar surface area (TPSA) is 140 Å². The van der Waals surface area contributed by atoms with Crippen molar-refractivity contribution in [3.05, 3.63) is 192 Å². The van der Waals surface area contributed by atoms with Crippen molar-refractivity contribution in [3.63, 3.8) is 0 Å². The van der Waals surface area contributed by atoms with Crippen LogP contribution in [0.15, 0.2) is 173 Å². The molecule has 3 heterocycles. The van der Waals surface area contributed by atoms with Gasteiger partial charge in [-0.15, -0.1) is 0 Å². The molecule has 322 valence electrons. The van der Waals surface area contributed by atoms with Crippen molar-refractivity contribution in [2.24, 2.45) is 0 Å². The monoisotopic (exact) mass is 871 g/mol. The van der Waals surface area contributed by atoms with E-state index in [1.807, 2.05) is 164 Å². The zero-order valence-corrected chi connectivity index (χ0v) is 35.6. The van der Waals surface area contributed by atoms with Crippen LogP contribution in [0.1, 0.15) is 53.1 Å². The minimum atomic E-state index is -0.991. The first kappa shape index (κ1) is 42.5. The van der Waals surface area contributed by atoms with Crippen molar-refractivity contribution in [2.75, 3.05) is 5.75 Å². The molecule has 0 aliphatic carbocycles. The van der Waals surface area contributed by atoms with Crippen LogP contribution in [0.3, 0.4) is 0 Å². The number of carbonyl (C=O) groups is 3. The Hall–Kier alpha value is -6.83. The number of oxazole rings is 1. The maximum absolute atomic E-state index is 13.3. The molecule has 0 spiro atoms. The standard InChI is InChI=1S/C52H45N3O8S/c56-31-34-19-21-38(22-20-34)45-28-43(33-64-52-54-47(39-14-6-2-7-15-39)48(63-52)40-16-8-3-9-17-40)61-50(62-45)41-25-23-37(24-26-41)42-18-10-13-36(27-42)30-55-46(57)29-44(49(55)58)53-51(59)60-32-35-11-4-1-5-12-35/h1-27,43-45,50,56H,28-33H2,(H,53,59). The van der Waals surface area contributed by atoms with Gasteiger partial charge >= 0.3 is 6.09 Å². The SMILES string of the molecule is O=C(NC1CC(=O)N(Cc2cccc(-c3ccc(C4OC(CSc5nc(-c6ccccc6)c(-c6ccccc6)o5)CC(c5ccc(CO)cc5)O4)cc3)c2)C1=O)OCc1ccccc1. The number of nitrogens with zero attached hydrogens (tertiary/aromatic N) is 2. The van der Waals surface area contributed by atoms with Crippen molar-refractivity contribution < 1.29 is 38.1 Å². The molecule has 0 radical (unpaired) electrons. The summed E-state index contributed by atoms with van der Waals surface area (Å²) >= 11 is 1.51. The summed E-state index contributed by atoms with van der Waals surface area (Å²) in [7, 11) is 0. The number of rotatable bonds is 14. The Kier molecular flexibility index (Phi) is 13.1. The third-order valence-electron chi connectivity index (χ3n) is 11.2. The highest BCUT2D eigenvalue weighted by Gasteiger charge is 2.40. The molecule has 7 aromatic rings. The zero-order chi connectivity index (χ0) is 43.8. The molecule has 6 aromatic carbocycles. The van der Waals surface area contributed by atoms with Gasteiger partial charge in [0.25, 0.3) is 11.1 Å². The molecule has 1 aromatic heterocycles. The van der Waals surface area contributed by atoms with Crippen LogP contribution < -0.4 is 5.32 Å². The van der Waals surface area contributed by atoms with Crippen LogP contribution in [0.25, 0.3) is 33.7 Å². The van der Waals surface area contributed by atoms with Crippen molar-refractivity contribution in [2.45, 2.75) is 62.4 Å². The summed E-state index contributed by atoms with van der Waals surface area (Å²) < 4.78 is 25.0. The van der Waals surface area contributed by atoms with E-state index >= 15 is 0 Å². The minimum absolute atomic E-state index is 0.0431. The van der Waals surface area contributed by atoms with Crippen LogP contribution in [0.5, 0.6) is 0 Å². The van der Waals surface area contributed by atoms with Crippen LogP contribution in [0.4, 0.5) is 4.79 Å². The molecule has 3 amide bonds. The van der Waals surface area contributed by atoms with Gasteiger partial charge < -0.3 is 29.1 Å². The summed E-state index contributed by atoms with van der Waals surface area (Å²) in [6.07, 6.45) is -1.46. The van der Waals surface area contributed by atoms with Gasteiger partial charge in [0.15, 0.2) is 12.1 Å². The van der Waals surface area contributed by atoms with Crippen LogP contribution in [-0.4, -0.2) is 50.8 Å². The summed E-state index contributed by atoms with van der Waals surface area (Å²) in [5.41, 5.74) is 8.76. The van der Waals surface area contributed by atoms with Gasteiger partial charge in [0.1, 0.15) is 18.3 Å². The maximum atomic E-state index is 13.3. The highest BCUT2D eigenvalue weighted by Crippen LogP contribution is 2.41. The van der Waals surface area contributed by atoms with E-state index in [2.05, 4.69) is 5.32 Å². The molecule has 4 unspecified atom stereocenters. The molecule has 0 bridgehead atoms. The number of hydrogen-bond acceptors (Lipinski definition) is 10. The Bertz CT molecular complexity index is 2640. The summed E-state index contributed by atoms with van der Waals surface area (Å²) in [5, 5.41) is 12.8. The van der Waals surface area contributed by atoms with E-state index in [1.54, 1.807) is 0 Å². The number of alkyl carbamates (subject to hydrolysis) is 1. The van der Waals surface area contributed by atoms with Crippen LogP contribution in [0, 0.1) is 0 Å². The molecule has 64 heavy (non-hydrogen) atoms. The van der Waals surface area contributed by atoms with Crippen LogP contribution in [-0.2, 0) is 43.6 Å². The molecule has 11 nitrogen and oxygen atoms in total. The number of aliphatic hydroxyl groups is 1. The highest BCUT2D eigenvalue weighted by atomic mass is 32.2. The summed E-state index contributed by atoms with van der Waals surface area (Å²) in [6, 6.07) is 51.7. The van der Waals surface area contributed by atoms with E-state index in [9.17, 15) is 19.5 Å². The van der Waals surface area contributed by atoms with Gasteiger partial charge in [-0.3, -0.25) is 14.5 Å². The predicted octanol–water partition coefficient (Wildman–Crippen LogP) is 10.1. The lowest BCUT2D eigenvalue weighted by Gasteiger charge is -2.36. The van der Waals surface area contributed by atoms with Crippen molar-refractivity contribution in [1.82, 2.24) is 15.2 Å². The van der Waals surface area contributed by atoms with Gasteiger partial charge in [0, 0.05) is 28.9 Å². The lowest BCUT2D eigenvalue weighted by atomic mass is 9.99. The average Bonchev–Trinajstić information content (AvgIpc) is 3.90. The second-order valence-electron chi connectivity index (χ2n) is 15.7.